The number of rotatable bonds is 6. The van der Waals surface area contributed by atoms with E-state index in [1.165, 1.54) is 0 Å². The third-order valence-corrected chi connectivity index (χ3v) is 4.02. The number of ether oxygens (including phenoxy) is 1. The van der Waals surface area contributed by atoms with Crippen LogP contribution in [-0.2, 0) is 4.74 Å². The van der Waals surface area contributed by atoms with Gasteiger partial charge in [-0.15, -0.1) is 0 Å². The molecule has 1 fully saturated rings. The van der Waals surface area contributed by atoms with Crippen molar-refractivity contribution in [2.24, 2.45) is 0 Å². The van der Waals surface area contributed by atoms with Crippen LogP contribution in [0.2, 0.25) is 0 Å². The highest BCUT2D eigenvalue weighted by atomic mass is 16.5. The Labute approximate surface area is 141 Å². The minimum atomic E-state index is 0.0386. The molecule has 0 unspecified atom stereocenters. The first-order valence-electron chi connectivity index (χ1n) is 8.21. The lowest BCUT2D eigenvalue weighted by atomic mass is 10.1. The Morgan fingerprint density at radius 1 is 1.29 bits per heavy atom. The van der Waals surface area contributed by atoms with Crippen LogP contribution in [0.3, 0.4) is 0 Å². The summed E-state index contributed by atoms with van der Waals surface area (Å²) in [7, 11) is 0. The van der Waals surface area contributed by atoms with Crippen LogP contribution in [0.25, 0.3) is 11.4 Å². The van der Waals surface area contributed by atoms with Crippen LogP contribution in [0.15, 0.2) is 36.5 Å². The van der Waals surface area contributed by atoms with Crippen molar-refractivity contribution in [1.29, 1.82) is 0 Å². The maximum absolute atomic E-state index is 11.5. The molecule has 3 rings (SSSR count). The summed E-state index contributed by atoms with van der Waals surface area (Å²) in [6.45, 7) is 6.92. The van der Waals surface area contributed by atoms with E-state index in [2.05, 4.69) is 20.2 Å². The molecule has 0 bridgehead atoms. The Morgan fingerprint density at radius 2 is 2.12 bits per heavy atom. The van der Waals surface area contributed by atoms with Gasteiger partial charge in [0, 0.05) is 43.5 Å². The van der Waals surface area contributed by atoms with E-state index in [0.29, 0.717) is 11.4 Å². The number of Topliss-reactive ketones (excluding diaryl/α,β-unsaturated/α-hetero) is 1. The number of ketones is 1. The Balaban J connectivity index is 1.63. The van der Waals surface area contributed by atoms with Gasteiger partial charge in [-0.05, 0) is 19.1 Å². The molecule has 126 valence electrons. The van der Waals surface area contributed by atoms with Gasteiger partial charge < -0.3 is 10.1 Å². The van der Waals surface area contributed by atoms with Crippen molar-refractivity contribution in [3.8, 4) is 11.4 Å². The van der Waals surface area contributed by atoms with E-state index in [4.69, 9.17) is 4.74 Å². The van der Waals surface area contributed by atoms with Crippen LogP contribution >= 0.6 is 0 Å². The number of nitrogens with zero attached hydrogens (tertiary/aromatic N) is 3. The molecule has 1 saturated heterocycles. The summed E-state index contributed by atoms with van der Waals surface area (Å²) in [6.07, 6.45) is 1.74. The van der Waals surface area contributed by atoms with E-state index in [-0.39, 0.29) is 5.78 Å². The topological polar surface area (TPSA) is 67.4 Å². The summed E-state index contributed by atoms with van der Waals surface area (Å²) in [5.74, 6) is 1.45. The average Bonchev–Trinajstić information content (AvgIpc) is 2.63. The molecule has 0 spiro atoms. The lowest BCUT2D eigenvalue weighted by Gasteiger charge is -2.26. The molecule has 0 radical (unpaired) electrons. The zero-order chi connectivity index (χ0) is 16.8. The van der Waals surface area contributed by atoms with E-state index in [1.807, 2.05) is 24.3 Å². The first-order valence-corrected chi connectivity index (χ1v) is 8.21. The number of hydrogen-bond acceptors (Lipinski definition) is 6. The second kappa shape index (κ2) is 7.99. The number of aromatic nitrogens is 2. The average molecular weight is 326 g/mol. The lowest BCUT2D eigenvalue weighted by molar-refractivity contribution is 0.0398. The standard InChI is InChI=1S/C18H22N4O2/c1-14(23)15-3-2-4-16(13-15)18-20-6-5-17(21-18)19-7-8-22-9-11-24-12-10-22/h2-6,13H,7-12H2,1H3,(H,19,20,21). The van der Waals surface area contributed by atoms with Gasteiger partial charge in [0.1, 0.15) is 5.82 Å². The van der Waals surface area contributed by atoms with Gasteiger partial charge in [0.25, 0.3) is 0 Å². The molecular formula is C18H22N4O2. The zero-order valence-corrected chi connectivity index (χ0v) is 13.9. The molecule has 24 heavy (non-hydrogen) atoms. The summed E-state index contributed by atoms with van der Waals surface area (Å²) >= 11 is 0. The zero-order valence-electron chi connectivity index (χ0n) is 13.9. The van der Waals surface area contributed by atoms with E-state index < -0.39 is 0 Å². The first kappa shape index (κ1) is 16.5. The molecule has 1 aliphatic heterocycles. The van der Waals surface area contributed by atoms with E-state index >= 15 is 0 Å². The molecule has 1 aromatic heterocycles. The molecular weight excluding hydrogens is 304 g/mol. The Hall–Kier alpha value is -2.31. The van der Waals surface area contributed by atoms with Gasteiger partial charge >= 0.3 is 0 Å². The van der Waals surface area contributed by atoms with Crippen molar-refractivity contribution >= 4 is 11.6 Å². The summed E-state index contributed by atoms with van der Waals surface area (Å²) < 4.78 is 5.35. The molecule has 0 saturated carbocycles. The highest BCUT2D eigenvalue weighted by Gasteiger charge is 2.10. The molecule has 1 N–H and O–H groups in total. The second-order valence-electron chi connectivity index (χ2n) is 5.78. The molecule has 6 heteroatoms. The van der Waals surface area contributed by atoms with Crippen molar-refractivity contribution in [2.45, 2.75) is 6.92 Å². The Morgan fingerprint density at radius 3 is 2.92 bits per heavy atom. The minimum Gasteiger partial charge on any atom is -0.379 e. The van der Waals surface area contributed by atoms with E-state index in [9.17, 15) is 4.79 Å². The lowest BCUT2D eigenvalue weighted by Crippen LogP contribution is -2.39. The molecule has 1 aliphatic rings. The number of carbonyl (C=O) groups is 1. The largest absolute Gasteiger partial charge is 0.379 e. The molecule has 0 amide bonds. The van der Waals surface area contributed by atoms with Crippen LogP contribution in [-0.4, -0.2) is 60.0 Å². The van der Waals surface area contributed by atoms with Crippen molar-refractivity contribution in [3.05, 3.63) is 42.1 Å². The number of benzene rings is 1. The fourth-order valence-electron chi connectivity index (χ4n) is 2.64. The van der Waals surface area contributed by atoms with Gasteiger partial charge in [-0.2, -0.15) is 0 Å². The fourth-order valence-corrected chi connectivity index (χ4v) is 2.64. The summed E-state index contributed by atoms with van der Waals surface area (Å²) in [6, 6.07) is 9.26. The second-order valence-corrected chi connectivity index (χ2v) is 5.78. The summed E-state index contributed by atoms with van der Waals surface area (Å²) in [5, 5.41) is 3.34. The van der Waals surface area contributed by atoms with Crippen LogP contribution < -0.4 is 5.32 Å². The SMILES string of the molecule is CC(=O)c1cccc(-c2nccc(NCCN3CCOCC3)n2)c1. The maximum atomic E-state index is 11.5. The van der Waals surface area contributed by atoms with Crippen molar-refractivity contribution < 1.29 is 9.53 Å². The minimum absolute atomic E-state index is 0.0386. The van der Waals surface area contributed by atoms with Crippen molar-refractivity contribution in [1.82, 2.24) is 14.9 Å². The van der Waals surface area contributed by atoms with Crippen molar-refractivity contribution in [3.63, 3.8) is 0 Å². The number of morpholine rings is 1. The Bertz CT molecular complexity index is 699. The fraction of sp³-hybridized carbons (Fsp3) is 0.389. The number of hydrogen-bond donors (Lipinski definition) is 1. The maximum Gasteiger partial charge on any atom is 0.161 e. The van der Waals surface area contributed by atoms with Crippen LogP contribution in [0.4, 0.5) is 5.82 Å². The smallest absolute Gasteiger partial charge is 0.161 e. The summed E-state index contributed by atoms with van der Waals surface area (Å²) in [4.78, 5) is 22.8. The quantitative estimate of drug-likeness (QED) is 0.820. The van der Waals surface area contributed by atoms with Crippen LogP contribution in [0.1, 0.15) is 17.3 Å². The number of anilines is 1. The van der Waals surface area contributed by atoms with Gasteiger partial charge in [0.2, 0.25) is 0 Å². The van der Waals surface area contributed by atoms with E-state index in [0.717, 1.165) is 50.8 Å². The monoisotopic (exact) mass is 326 g/mol. The van der Waals surface area contributed by atoms with E-state index in [1.54, 1.807) is 19.2 Å². The van der Waals surface area contributed by atoms with Gasteiger partial charge in [-0.3, -0.25) is 9.69 Å². The van der Waals surface area contributed by atoms with Gasteiger partial charge in [-0.25, -0.2) is 9.97 Å². The first-order chi connectivity index (χ1) is 11.7. The predicted octanol–water partition coefficient (Wildman–Crippen LogP) is 2.09. The highest BCUT2D eigenvalue weighted by molar-refractivity contribution is 5.95. The third kappa shape index (κ3) is 4.37. The number of carbonyl (C=O) groups excluding carboxylic acids is 1. The van der Waals surface area contributed by atoms with Gasteiger partial charge in [-0.1, -0.05) is 18.2 Å². The third-order valence-electron chi connectivity index (χ3n) is 4.02. The molecule has 0 atom stereocenters. The van der Waals surface area contributed by atoms with Crippen molar-refractivity contribution in [2.75, 3.05) is 44.7 Å². The van der Waals surface area contributed by atoms with Gasteiger partial charge in [0.15, 0.2) is 11.6 Å². The molecule has 0 aliphatic carbocycles. The van der Waals surface area contributed by atoms with Gasteiger partial charge in [0.05, 0.1) is 13.2 Å². The summed E-state index contributed by atoms with van der Waals surface area (Å²) in [5.41, 5.74) is 1.52. The van der Waals surface area contributed by atoms with Crippen LogP contribution in [0, 0.1) is 0 Å². The molecule has 2 aromatic rings. The Kier molecular flexibility index (Phi) is 5.51. The number of nitrogens with one attached hydrogen (secondary N) is 1. The molecule has 1 aromatic carbocycles. The molecule has 6 nitrogen and oxygen atoms in total. The predicted molar refractivity (Wildman–Crippen MR) is 93.2 cm³/mol. The normalized spacial score (nSPS) is 15.2. The molecule has 2 heterocycles. The highest BCUT2D eigenvalue weighted by Crippen LogP contribution is 2.18. The van der Waals surface area contributed by atoms with Crippen LogP contribution in [0.5, 0.6) is 0 Å².